The van der Waals surface area contributed by atoms with Gasteiger partial charge in [-0.1, -0.05) is 0 Å². The normalized spacial score (nSPS) is 16.3. The molecule has 1 heterocycles. The highest BCUT2D eigenvalue weighted by Crippen LogP contribution is 2.22. The first-order chi connectivity index (χ1) is 12.3. The van der Waals surface area contributed by atoms with E-state index in [-0.39, 0.29) is 23.8 Å². The Hall–Kier alpha value is -2.44. The maximum Gasteiger partial charge on any atom is 0.251 e. The molecule has 1 aliphatic rings. The summed E-state index contributed by atoms with van der Waals surface area (Å²) in [6.45, 7) is 6.37. The van der Waals surface area contributed by atoms with Gasteiger partial charge in [-0.05, 0) is 56.9 Å². The number of piperidine rings is 1. The van der Waals surface area contributed by atoms with E-state index in [2.05, 4.69) is 10.6 Å². The van der Waals surface area contributed by atoms with Gasteiger partial charge < -0.3 is 15.5 Å². The average molecular weight is 363 g/mol. The maximum absolute atomic E-state index is 13.0. The van der Waals surface area contributed by atoms with Crippen LogP contribution in [0.3, 0.4) is 0 Å². The van der Waals surface area contributed by atoms with E-state index in [1.165, 1.54) is 31.2 Å². The van der Waals surface area contributed by atoms with Crippen LogP contribution >= 0.6 is 0 Å². The number of likely N-dealkylation sites (tertiary alicyclic amines) is 1. The molecule has 0 unspecified atom stereocenters. The molecule has 0 spiro atoms. The van der Waals surface area contributed by atoms with Gasteiger partial charge in [0.15, 0.2) is 0 Å². The van der Waals surface area contributed by atoms with Crippen molar-refractivity contribution in [2.24, 2.45) is 5.92 Å². The Labute approximate surface area is 153 Å². The molecule has 1 saturated heterocycles. The van der Waals surface area contributed by atoms with Crippen LogP contribution in [0.5, 0.6) is 0 Å². The standard InChI is InChI=1S/C19H26FN3O3/c1-12(2)21-19(26)17(14-8-10-23(11-9-14)13(3)24)22-18(25)15-4-6-16(20)7-5-15/h4-7,12,14,17H,8-11H2,1-3H3,(H,21,26)(H,22,25)/t17-/m1/s1. The lowest BCUT2D eigenvalue weighted by atomic mass is 9.88. The summed E-state index contributed by atoms with van der Waals surface area (Å²) < 4.78 is 13.0. The number of carbonyl (C=O) groups excluding carboxylic acids is 3. The predicted molar refractivity (Wildman–Crippen MR) is 95.9 cm³/mol. The molecule has 0 aromatic heterocycles. The van der Waals surface area contributed by atoms with Gasteiger partial charge in [0.25, 0.3) is 5.91 Å². The Bertz CT molecular complexity index is 652. The number of hydrogen-bond acceptors (Lipinski definition) is 3. The second-order valence-corrected chi connectivity index (χ2v) is 6.96. The zero-order valence-corrected chi connectivity index (χ0v) is 15.4. The number of carbonyl (C=O) groups is 3. The van der Waals surface area contributed by atoms with Crippen LogP contribution in [0, 0.1) is 11.7 Å². The number of amides is 3. The molecule has 1 atom stereocenters. The van der Waals surface area contributed by atoms with Crippen LogP contribution in [0.25, 0.3) is 0 Å². The molecule has 0 radical (unpaired) electrons. The number of hydrogen-bond donors (Lipinski definition) is 2. The Kier molecular flexibility index (Phi) is 6.71. The molecule has 1 aromatic carbocycles. The molecule has 0 saturated carbocycles. The lowest BCUT2D eigenvalue weighted by Gasteiger charge is -2.35. The lowest BCUT2D eigenvalue weighted by molar-refractivity contribution is -0.130. The van der Waals surface area contributed by atoms with Gasteiger partial charge in [-0.2, -0.15) is 0 Å². The van der Waals surface area contributed by atoms with E-state index < -0.39 is 17.8 Å². The summed E-state index contributed by atoms with van der Waals surface area (Å²) >= 11 is 0. The van der Waals surface area contributed by atoms with Crippen molar-refractivity contribution in [1.29, 1.82) is 0 Å². The Balaban J connectivity index is 2.11. The van der Waals surface area contributed by atoms with E-state index >= 15 is 0 Å². The highest BCUT2D eigenvalue weighted by atomic mass is 19.1. The van der Waals surface area contributed by atoms with Gasteiger partial charge in [-0.25, -0.2) is 4.39 Å². The SMILES string of the molecule is CC(=O)N1CCC([C@@H](NC(=O)c2ccc(F)cc2)C(=O)NC(C)C)CC1. The Morgan fingerprint density at radius 1 is 1.08 bits per heavy atom. The fourth-order valence-corrected chi connectivity index (χ4v) is 3.15. The van der Waals surface area contributed by atoms with Gasteiger partial charge in [-0.15, -0.1) is 0 Å². The number of rotatable bonds is 5. The number of halogens is 1. The summed E-state index contributed by atoms with van der Waals surface area (Å²) in [5, 5.41) is 5.64. The van der Waals surface area contributed by atoms with E-state index in [0.717, 1.165) is 0 Å². The van der Waals surface area contributed by atoms with Crippen LogP contribution in [0.15, 0.2) is 24.3 Å². The molecule has 3 amide bonds. The summed E-state index contributed by atoms with van der Waals surface area (Å²) in [5.74, 6) is -1.12. The molecule has 142 valence electrons. The molecule has 2 N–H and O–H groups in total. The molecule has 0 bridgehead atoms. The van der Waals surface area contributed by atoms with E-state index in [0.29, 0.717) is 31.5 Å². The van der Waals surface area contributed by atoms with Gasteiger partial charge >= 0.3 is 0 Å². The number of nitrogens with one attached hydrogen (secondary N) is 2. The number of benzene rings is 1. The Morgan fingerprint density at radius 3 is 2.15 bits per heavy atom. The molecule has 1 aromatic rings. The van der Waals surface area contributed by atoms with E-state index in [4.69, 9.17) is 0 Å². The van der Waals surface area contributed by atoms with E-state index in [1.54, 1.807) is 4.90 Å². The van der Waals surface area contributed by atoms with Crippen LogP contribution in [0.2, 0.25) is 0 Å². The lowest BCUT2D eigenvalue weighted by Crippen LogP contribution is -2.54. The fraction of sp³-hybridized carbons (Fsp3) is 0.526. The average Bonchev–Trinajstić information content (AvgIpc) is 2.59. The largest absolute Gasteiger partial charge is 0.352 e. The predicted octanol–water partition coefficient (Wildman–Crippen LogP) is 1.71. The van der Waals surface area contributed by atoms with Gasteiger partial charge in [0, 0.05) is 31.6 Å². The fourth-order valence-electron chi connectivity index (χ4n) is 3.15. The van der Waals surface area contributed by atoms with Gasteiger partial charge in [-0.3, -0.25) is 14.4 Å². The summed E-state index contributed by atoms with van der Waals surface area (Å²) in [6, 6.07) is 4.46. The summed E-state index contributed by atoms with van der Waals surface area (Å²) in [7, 11) is 0. The van der Waals surface area contributed by atoms with Crippen molar-refractivity contribution in [3.05, 3.63) is 35.6 Å². The van der Waals surface area contributed by atoms with Gasteiger partial charge in [0.05, 0.1) is 0 Å². The topological polar surface area (TPSA) is 78.5 Å². The van der Waals surface area contributed by atoms with E-state index in [9.17, 15) is 18.8 Å². The zero-order valence-electron chi connectivity index (χ0n) is 15.4. The molecule has 6 nitrogen and oxygen atoms in total. The molecule has 1 aliphatic heterocycles. The number of nitrogens with zero attached hydrogens (tertiary/aromatic N) is 1. The van der Waals surface area contributed by atoms with Crippen LogP contribution in [-0.4, -0.2) is 47.8 Å². The van der Waals surface area contributed by atoms with Crippen molar-refractivity contribution in [3.8, 4) is 0 Å². The zero-order chi connectivity index (χ0) is 19.3. The molecule has 7 heteroatoms. The third-order valence-electron chi connectivity index (χ3n) is 4.56. The van der Waals surface area contributed by atoms with Crippen molar-refractivity contribution < 1.29 is 18.8 Å². The van der Waals surface area contributed by atoms with Crippen molar-refractivity contribution in [2.75, 3.05) is 13.1 Å². The minimum absolute atomic E-state index is 0.0157. The molecule has 26 heavy (non-hydrogen) atoms. The van der Waals surface area contributed by atoms with E-state index in [1.807, 2.05) is 13.8 Å². The molecular weight excluding hydrogens is 337 g/mol. The first-order valence-electron chi connectivity index (χ1n) is 8.90. The van der Waals surface area contributed by atoms with Gasteiger partial charge in [0.1, 0.15) is 11.9 Å². The Morgan fingerprint density at radius 2 is 1.65 bits per heavy atom. The van der Waals surface area contributed by atoms with Crippen LogP contribution in [-0.2, 0) is 9.59 Å². The summed E-state index contributed by atoms with van der Waals surface area (Å²) in [5.41, 5.74) is 0.301. The highest BCUT2D eigenvalue weighted by molar-refractivity contribution is 5.97. The van der Waals surface area contributed by atoms with Crippen LogP contribution < -0.4 is 10.6 Å². The highest BCUT2D eigenvalue weighted by Gasteiger charge is 2.33. The first kappa shape index (κ1) is 19.9. The third kappa shape index (κ3) is 5.28. The second-order valence-electron chi connectivity index (χ2n) is 6.96. The smallest absolute Gasteiger partial charge is 0.251 e. The molecular formula is C19H26FN3O3. The van der Waals surface area contributed by atoms with Crippen LogP contribution in [0.4, 0.5) is 4.39 Å². The quantitative estimate of drug-likeness (QED) is 0.836. The van der Waals surface area contributed by atoms with Crippen molar-refractivity contribution in [1.82, 2.24) is 15.5 Å². The third-order valence-corrected chi connectivity index (χ3v) is 4.56. The van der Waals surface area contributed by atoms with Crippen molar-refractivity contribution in [2.45, 2.75) is 45.7 Å². The van der Waals surface area contributed by atoms with Crippen molar-refractivity contribution >= 4 is 17.7 Å². The minimum atomic E-state index is -0.691. The second kappa shape index (κ2) is 8.78. The first-order valence-corrected chi connectivity index (χ1v) is 8.90. The monoisotopic (exact) mass is 363 g/mol. The van der Waals surface area contributed by atoms with Crippen molar-refractivity contribution in [3.63, 3.8) is 0 Å². The summed E-state index contributed by atoms with van der Waals surface area (Å²) in [4.78, 5) is 38.4. The van der Waals surface area contributed by atoms with Crippen LogP contribution in [0.1, 0.15) is 44.0 Å². The summed E-state index contributed by atoms with van der Waals surface area (Å²) in [6.07, 6.45) is 1.28. The minimum Gasteiger partial charge on any atom is -0.352 e. The van der Waals surface area contributed by atoms with Gasteiger partial charge in [0.2, 0.25) is 11.8 Å². The maximum atomic E-state index is 13.0. The molecule has 2 rings (SSSR count). The molecule has 1 fully saturated rings. The molecule has 0 aliphatic carbocycles.